The fourth-order valence-corrected chi connectivity index (χ4v) is 2.58. The summed E-state index contributed by atoms with van der Waals surface area (Å²) in [6.45, 7) is 3.07. The molecular formula is C14H19F5O2. The number of alkyl halides is 5. The molecule has 2 aliphatic carbocycles. The lowest BCUT2D eigenvalue weighted by Crippen LogP contribution is -2.12. The van der Waals surface area contributed by atoms with Crippen LogP contribution in [0, 0.1) is 0 Å². The molecule has 21 heavy (non-hydrogen) atoms. The van der Waals surface area contributed by atoms with Gasteiger partial charge in [0, 0.05) is 18.4 Å². The topological polar surface area (TPSA) is 40.5 Å². The number of hydrogen-bond donors (Lipinski definition) is 2. The van der Waals surface area contributed by atoms with Gasteiger partial charge in [-0.05, 0) is 32.3 Å². The van der Waals surface area contributed by atoms with Crippen LogP contribution in [0.15, 0.2) is 22.3 Å². The quantitative estimate of drug-likeness (QED) is 0.572. The Bertz CT molecular complexity index is 437. The molecule has 2 rings (SSSR count). The summed E-state index contributed by atoms with van der Waals surface area (Å²) in [7, 11) is 0. The zero-order valence-corrected chi connectivity index (χ0v) is 11.8. The fourth-order valence-electron chi connectivity index (χ4n) is 2.58. The van der Waals surface area contributed by atoms with E-state index < -0.39 is 30.4 Å². The van der Waals surface area contributed by atoms with Gasteiger partial charge in [-0.3, -0.25) is 0 Å². The maximum Gasteiger partial charge on any atom is 0.412 e. The number of rotatable bonds is 1. The highest BCUT2D eigenvalue weighted by molar-refractivity contribution is 5.24. The van der Waals surface area contributed by atoms with Crippen LogP contribution in [0.4, 0.5) is 22.0 Å². The molecule has 0 aromatic rings. The van der Waals surface area contributed by atoms with E-state index in [1.807, 2.05) is 0 Å². The van der Waals surface area contributed by atoms with Gasteiger partial charge in [-0.15, -0.1) is 0 Å². The number of hydrogen-bond acceptors (Lipinski definition) is 2. The Morgan fingerprint density at radius 2 is 1.38 bits per heavy atom. The molecule has 2 N–H and O–H groups in total. The van der Waals surface area contributed by atoms with E-state index in [1.165, 1.54) is 6.92 Å². The van der Waals surface area contributed by atoms with E-state index in [0.29, 0.717) is 12.0 Å². The van der Waals surface area contributed by atoms with E-state index in [1.54, 1.807) is 6.92 Å². The molecule has 0 aromatic carbocycles. The van der Waals surface area contributed by atoms with E-state index in [2.05, 4.69) is 0 Å². The van der Waals surface area contributed by atoms with Crippen molar-refractivity contribution in [3.05, 3.63) is 22.3 Å². The first-order chi connectivity index (χ1) is 9.52. The fraction of sp³-hybridized carbons (Fsp3) is 0.714. The molecule has 2 nitrogen and oxygen atoms in total. The lowest BCUT2D eigenvalue weighted by atomic mass is 10.2. The molecule has 0 radical (unpaired) electrons. The Kier molecular flexibility index (Phi) is 5.92. The summed E-state index contributed by atoms with van der Waals surface area (Å²) in [5.74, 6) is 0. The van der Waals surface area contributed by atoms with Gasteiger partial charge in [0.15, 0.2) is 0 Å². The maximum atomic E-state index is 12.0. The minimum absolute atomic E-state index is 0.132. The SMILES string of the molecule is CC1=C(C(F)(F)F)CC(O)C1.CC1=C(C(F)F)CC(O)C1. The standard InChI is InChI=1S/C7H9F3O.C7H10F2O/c1-4-2-5(11)3-6(4)7(8,9)10;1-4-2-5(10)3-6(4)7(8)9/h5,11H,2-3H2,1H3;5,7,10H,2-3H2,1H3. The Labute approximate surface area is 120 Å². The molecule has 2 aliphatic rings. The van der Waals surface area contributed by atoms with Crippen LogP contribution in [-0.4, -0.2) is 35.0 Å². The van der Waals surface area contributed by atoms with E-state index in [4.69, 9.17) is 10.2 Å². The molecule has 0 saturated carbocycles. The van der Waals surface area contributed by atoms with Crippen molar-refractivity contribution in [1.29, 1.82) is 0 Å². The van der Waals surface area contributed by atoms with Gasteiger partial charge in [-0.1, -0.05) is 11.1 Å². The predicted molar refractivity (Wildman–Crippen MR) is 67.9 cm³/mol. The Hall–Kier alpha value is -0.950. The van der Waals surface area contributed by atoms with Crippen molar-refractivity contribution < 1.29 is 32.2 Å². The summed E-state index contributed by atoms with van der Waals surface area (Å²) in [6.07, 6.45) is -7.53. The van der Waals surface area contributed by atoms with Gasteiger partial charge in [-0.2, -0.15) is 13.2 Å². The highest BCUT2D eigenvalue weighted by Crippen LogP contribution is 2.38. The Morgan fingerprint density at radius 1 is 0.905 bits per heavy atom. The smallest absolute Gasteiger partial charge is 0.392 e. The summed E-state index contributed by atoms with van der Waals surface area (Å²) in [4.78, 5) is 0. The molecule has 0 fully saturated rings. The third-order valence-corrected chi connectivity index (χ3v) is 3.65. The third-order valence-electron chi connectivity index (χ3n) is 3.65. The monoisotopic (exact) mass is 314 g/mol. The zero-order valence-electron chi connectivity index (χ0n) is 11.8. The second-order valence-corrected chi connectivity index (χ2v) is 5.49. The van der Waals surface area contributed by atoms with Crippen LogP contribution in [0.1, 0.15) is 39.5 Å². The Balaban J connectivity index is 0.000000211. The molecule has 0 aliphatic heterocycles. The molecule has 0 heterocycles. The van der Waals surface area contributed by atoms with Gasteiger partial charge in [0.25, 0.3) is 6.43 Å². The molecule has 2 atom stereocenters. The average molecular weight is 314 g/mol. The van der Waals surface area contributed by atoms with Crippen molar-refractivity contribution >= 4 is 0 Å². The summed E-state index contributed by atoms with van der Waals surface area (Å²) < 4.78 is 60.0. The second kappa shape index (κ2) is 6.87. The van der Waals surface area contributed by atoms with E-state index in [-0.39, 0.29) is 30.4 Å². The number of halogens is 5. The van der Waals surface area contributed by atoms with Gasteiger partial charge in [0.1, 0.15) is 0 Å². The molecule has 122 valence electrons. The minimum Gasteiger partial charge on any atom is -0.392 e. The van der Waals surface area contributed by atoms with Crippen LogP contribution < -0.4 is 0 Å². The number of aliphatic hydroxyl groups is 2. The predicted octanol–water partition coefficient (Wildman–Crippen LogP) is 3.74. The second-order valence-electron chi connectivity index (χ2n) is 5.49. The molecule has 0 amide bonds. The molecule has 0 saturated heterocycles. The normalized spacial score (nSPS) is 26.6. The molecule has 0 bridgehead atoms. The Morgan fingerprint density at radius 3 is 1.57 bits per heavy atom. The van der Waals surface area contributed by atoms with Crippen LogP contribution in [-0.2, 0) is 0 Å². The summed E-state index contributed by atoms with van der Waals surface area (Å²) >= 11 is 0. The van der Waals surface area contributed by atoms with Crippen LogP contribution in [0.2, 0.25) is 0 Å². The molecule has 7 heteroatoms. The van der Waals surface area contributed by atoms with Crippen molar-refractivity contribution in [2.75, 3.05) is 0 Å². The van der Waals surface area contributed by atoms with Crippen molar-refractivity contribution in [3.63, 3.8) is 0 Å². The first-order valence-electron chi connectivity index (χ1n) is 6.61. The third kappa shape index (κ3) is 5.07. The first kappa shape index (κ1) is 18.1. The van der Waals surface area contributed by atoms with Crippen molar-refractivity contribution in [2.45, 2.75) is 64.3 Å². The van der Waals surface area contributed by atoms with Gasteiger partial charge >= 0.3 is 6.18 Å². The van der Waals surface area contributed by atoms with Crippen molar-refractivity contribution in [1.82, 2.24) is 0 Å². The van der Waals surface area contributed by atoms with Gasteiger partial charge in [0.05, 0.1) is 12.2 Å². The lowest BCUT2D eigenvalue weighted by Gasteiger charge is -2.08. The highest BCUT2D eigenvalue weighted by atomic mass is 19.4. The number of aliphatic hydroxyl groups excluding tert-OH is 2. The van der Waals surface area contributed by atoms with E-state index >= 15 is 0 Å². The highest BCUT2D eigenvalue weighted by Gasteiger charge is 2.39. The van der Waals surface area contributed by atoms with Crippen molar-refractivity contribution in [3.8, 4) is 0 Å². The first-order valence-corrected chi connectivity index (χ1v) is 6.61. The van der Waals surface area contributed by atoms with Gasteiger partial charge in [0.2, 0.25) is 0 Å². The lowest BCUT2D eigenvalue weighted by molar-refractivity contribution is -0.0953. The van der Waals surface area contributed by atoms with Crippen LogP contribution >= 0.6 is 0 Å². The minimum atomic E-state index is -4.25. The van der Waals surface area contributed by atoms with Crippen molar-refractivity contribution in [2.24, 2.45) is 0 Å². The van der Waals surface area contributed by atoms with Crippen LogP contribution in [0.25, 0.3) is 0 Å². The van der Waals surface area contributed by atoms with Crippen LogP contribution in [0.3, 0.4) is 0 Å². The summed E-state index contributed by atoms with van der Waals surface area (Å²) in [6, 6.07) is 0. The van der Waals surface area contributed by atoms with Gasteiger partial charge in [-0.25, -0.2) is 8.78 Å². The molecule has 2 unspecified atom stereocenters. The summed E-state index contributed by atoms with van der Waals surface area (Å²) in [5, 5.41) is 17.8. The van der Waals surface area contributed by atoms with Crippen LogP contribution in [0.5, 0.6) is 0 Å². The maximum absolute atomic E-state index is 12.0. The van der Waals surface area contributed by atoms with E-state index in [0.717, 1.165) is 0 Å². The van der Waals surface area contributed by atoms with E-state index in [9.17, 15) is 22.0 Å². The van der Waals surface area contributed by atoms with Gasteiger partial charge < -0.3 is 10.2 Å². The zero-order chi connectivity index (χ0) is 16.4. The average Bonchev–Trinajstić information content (AvgIpc) is 2.81. The summed E-state index contributed by atoms with van der Waals surface area (Å²) in [5.41, 5.74) is 0.505. The largest absolute Gasteiger partial charge is 0.412 e. The molecule has 0 spiro atoms. The molecule has 0 aromatic heterocycles. The molecular weight excluding hydrogens is 295 g/mol.